The molecule has 0 aliphatic heterocycles. The molecule has 0 radical (unpaired) electrons. The van der Waals surface area contributed by atoms with Gasteiger partial charge in [-0.2, -0.15) is 0 Å². The zero-order chi connectivity index (χ0) is 17.0. The van der Waals surface area contributed by atoms with Crippen LogP contribution < -0.4 is 15.2 Å². The van der Waals surface area contributed by atoms with Crippen molar-refractivity contribution in [2.24, 2.45) is 5.73 Å². The lowest BCUT2D eigenvalue weighted by Gasteiger charge is -2.15. The maximum absolute atomic E-state index is 12.5. The Morgan fingerprint density at radius 2 is 2.09 bits per heavy atom. The number of carbonyl (C=O) groups excluding carboxylic acids is 1. The molecular weight excluding hydrogens is 318 g/mol. The Hall–Kier alpha value is -2.45. The number of rotatable bonds is 6. The summed E-state index contributed by atoms with van der Waals surface area (Å²) >= 11 is 0. The van der Waals surface area contributed by atoms with E-state index in [1.807, 2.05) is 0 Å². The molecule has 8 heteroatoms. The molecule has 0 aliphatic carbocycles. The second kappa shape index (κ2) is 6.76. The van der Waals surface area contributed by atoms with E-state index in [9.17, 15) is 13.2 Å². The molecule has 7 nitrogen and oxygen atoms in total. The molecule has 23 heavy (non-hydrogen) atoms. The fraction of sp³-hybridized carbons (Fsp3) is 0.200. The van der Waals surface area contributed by atoms with Crippen LogP contribution in [-0.2, 0) is 10.0 Å². The Morgan fingerprint density at radius 1 is 1.35 bits per heavy atom. The summed E-state index contributed by atoms with van der Waals surface area (Å²) in [6.45, 7) is 1.70. The van der Waals surface area contributed by atoms with Crippen molar-refractivity contribution < 1.29 is 17.9 Å². The van der Waals surface area contributed by atoms with Gasteiger partial charge in [0.25, 0.3) is 5.91 Å². The third kappa shape index (κ3) is 3.85. The average molecular weight is 335 g/mol. The van der Waals surface area contributed by atoms with Crippen LogP contribution in [0.3, 0.4) is 0 Å². The van der Waals surface area contributed by atoms with Crippen LogP contribution in [0.5, 0.6) is 5.75 Å². The Balaban J connectivity index is 2.33. The molecule has 2 rings (SSSR count). The molecule has 0 aliphatic rings. The monoisotopic (exact) mass is 335 g/mol. The first-order valence-corrected chi connectivity index (χ1v) is 8.23. The SMILES string of the molecule is COc1ccc(S(=O)(=O)N[C@@H](C)c2cccnc2)cc1C(N)=O. The van der Waals surface area contributed by atoms with Gasteiger partial charge in [-0.1, -0.05) is 6.07 Å². The van der Waals surface area contributed by atoms with Gasteiger partial charge >= 0.3 is 0 Å². The Kier molecular flexibility index (Phi) is 4.97. The van der Waals surface area contributed by atoms with Crippen molar-refractivity contribution in [2.75, 3.05) is 7.11 Å². The second-order valence-corrected chi connectivity index (χ2v) is 6.57. The normalized spacial score (nSPS) is 12.6. The summed E-state index contributed by atoms with van der Waals surface area (Å²) in [5.41, 5.74) is 5.98. The van der Waals surface area contributed by atoms with Crippen molar-refractivity contribution in [1.82, 2.24) is 9.71 Å². The molecule has 1 heterocycles. The maximum atomic E-state index is 12.5. The van der Waals surface area contributed by atoms with Gasteiger partial charge in [0.1, 0.15) is 5.75 Å². The van der Waals surface area contributed by atoms with E-state index >= 15 is 0 Å². The van der Waals surface area contributed by atoms with Gasteiger partial charge in [-0.05, 0) is 36.8 Å². The van der Waals surface area contributed by atoms with Gasteiger partial charge in [-0.25, -0.2) is 13.1 Å². The minimum Gasteiger partial charge on any atom is -0.496 e. The lowest BCUT2D eigenvalue weighted by Crippen LogP contribution is -2.27. The molecule has 1 aromatic heterocycles. The van der Waals surface area contributed by atoms with Crippen LogP contribution in [0, 0.1) is 0 Å². The molecule has 0 unspecified atom stereocenters. The highest BCUT2D eigenvalue weighted by Gasteiger charge is 2.21. The van der Waals surface area contributed by atoms with Crippen molar-refractivity contribution in [2.45, 2.75) is 17.9 Å². The lowest BCUT2D eigenvalue weighted by atomic mass is 10.2. The van der Waals surface area contributed by atoms with Gasteiger partial charge in [0, 0.05) is 18.4 Å². The number of nitrogens with one attached hydrogen (secondary N) is 1. The summed E-state index contributed by atoms with van der Waals surface area (Å²) in [4.78, 5) is 15.3. The molecule has 0 saturated heterocycles. The first kappa shape index (κ1) is 16.9. The van der Waals surface area contributed by atoms with E-state index in [1.165, 1.54) is 25.3 Å². The minimum atomic E-state index is -3.83. The van der Waals surface area contributed by atoms with Crippen molar-refractivity contribution in [1.29, 1.82) is 0 Å². The first-order chi connectivity index (χ1) is 10.8. The number of methoxy groups -OCH3 is 1. The lowest BCUT2D eigenvalue weighted by molar-refractivity contribution is 0.0997. The highest BCUT2D eigenvalue weighted by molar-refractivity contribution is 7.89. The molecule has 122 valence electrons. The van der Waals surface area contributed by atoms with Gasteiger partial charge in [0.15, 0.2) is 0 Å². The van der Waals surface area contributed by atoms with Gasteiger partial charge in [-0.15, -0.1) is 0 Å². The summed E-state index contributed by atoms with van der Waals surface area (Å²) in [6.07, 6.45) is 3.18. The molecule has 3 N–H and O–H groups in total. The number of hydrogen-bond acceptors (Lipinski definition) is 5. The largest absolute Gasteiger partial charge is 0.496 e. The molecule has 1 atom stereocenters. The molecule has 0 spiro atoms. The van der Waals surface area contributed by atoms with Crippen molar-refractivity contribution in [3.8, 4) is 5.75 Å². The van der Waals surface area contributed by atoms with Gasteiger partial charge in [-0.3, -0.25) is 9.78 Å². The topological polar surface area (TPSA) is 111 Å². The number of primary amides is 1. The predicted octanol–water partition coefficient (Wildman–Crippen LogP) is 1.23. The zero-order valence-corrected chi connectivity index (χ0v) is 13.5. The summed E-state index contributed by atoms with van der Waals surface area (Å²) < 4.78 is 32.5. The van der Waals surface area contributed by atoms with Crippen molar-refractivity contribution >= 4 is 15.9 Å². The predicted molar refractivity (Wildman–Crippen MR) is 84.5 cm³/mol. The number of hydrogen-bond donors (Lipinski definition) is 2. The van der Waals surface area contributed by atoms with Crippen LogP contribution in [0.2, 0.25) is 0 Å². The van der Waals surface area contributed by atoms with Crippen LogP contribution in [0.25, 0.3) is 0 Å². The van der Waals surface area contributed by atoms with Gasteiger partial charge in [0.2, 0.25) is 10.0 Å². The number of sulfonamides is 1. The van der Waals surface area contributed by atoms with E-state index in [1.54, 1.807) is 31.5 Å². The van der Waals surface area contributed by atoms with Crippen LogP contribution in [0.4, 0.5) is 0 Å². The van der Waals surface area contributed by atoms with Crippen LogP contribution >= 0.6 is 0 Å². The number of nitrogens with zero attached hydrogens (tertiary/aromatic N) is 1. The first-order valence-electron chi connectivity index (χ1n) is 6.75. The second-order valence-electron chi connectivity index (χ2n) is 4.86. The van der Waals surface area contributed by atoms with E-state index in [-0.39, 0.29) is 16.2 Å². The van der Waals surface area contributed by atoms with Crippen LogP contribution in [0.1, 0.15) is 28.9 Å². The quantitative estimate of drug-likeness (QED) is 0.824. The molecule has 0 saturated carbocycles. The highest BCUT2D eigenvalue weighted by Crippen LogP contribution is 2.23. The van der Waals surface area contributed by atoms with E-state index in [0.29, 0.717) is 0 Å². The Labute approximate surface area is 134 Å². The number of pyridine rings is 1. The van der Waals surface area contributed by atoms with Gasteiger partial charge < -0.3 is 10.5 Å². The number of benzene rings is 1. The molecule has 0 bridgehead atoms. The molecular formula is C15H17N3O4S. The number of aromatic nitrogens is 1. The van der Waals surface area contributed by atoms with Crippen LogP contribution in [0.15, 0.2) is 47.6 Å². The van der Waals surface area contributed by atoms with Crippen molar-refractivity contribution in [3.05, 3.63) is 53.9 Å². The number of carbonyl (C=O) groups is 1. The standard InChI is InChI=1S/C15H17N3O4S/c1-10(11-4-3-7-17-9-11)18-23(20,21)12-5-6-14(22-2)13(8-12)15(16)19/h3-10,18H,1-2H3,(H2,16,19)/t10-/m0/s1. The summed E-state index contributed by atoms with van der Waals surface area (Å²) in [6, 6.07) is 6.95. The van der Waals surface area contributed by atoms with E-state index in [2.05, 4.69) is 9.71 Å². The Morgan fingerprint density at radius 3 is 2.65 bits per heavy atom. The minimum absolute atomic E-state index is 0.00408. The van der Waals surface area contributed by atoms with E-state index in [0.717, 1.165) is 5.56 Å². The third-order valence-corrected chi connectivity index (χ3v) is 4.80. The molecule has 2 aromatic rings. The van der Waals surface area contributed by atoms with Gasteiger partial charge in [0.05, 0.1) is 17.6 Å². The third-order valence-electron chi connectivity index (χ3n) is 3.26. The molecule has 1 aromatic carbocycles. The Bertz CT molecular complexity index is 807. The summed E-state index contributed by atoms with van der Waals surface area (Å²) in [7, 11) is -2.46. The number of nitrogens with two attached hydrogens (primary N) is 1. The highest BCUT2D eigenvalue weighted by atomic mass is 32.2. The smallest absolute Gasteiger partial charge is 0.252 e. The van der Waals surface area contributed by atoms with E-state index in [4.69, 9.17) is 10.5 Å². The van der Waals surface area contributed by atoms with Crippen LogP contribution in [-0.4, -0.2) is 26.4 Å². The fourth-order valence-corrected chi connectivity index (χ4v) is 3.31. The summed E-state index contributed by atoms with van der Waals surface area (Å²) in [5, 5.41) is 0. The summed E-state index contributed by atoms with van der Waals surface area (Å²) in [5.74, 6) is -0.545. The number of amides is 1. The number of ether oxygens (including phenoxy) is 1. The van der Waals surface area contributed by atoms with Crippen molar-refractivity contribution in [3.63, 3.8) is 0 Å². The molecule has 1 amide bonds. The maximum Gasteiger partial charge on any atom is 0.252 e. The zero-order valence-electron chi connectivity index (χ0n) is 12.7. The fourth-order valence-electron chi connectivity index (χ4n) is 2.05. The average Bonchev–Trinajstić information content (AvgIpc) is 2.54. The van der Waals surface area contributed by atoms with E-state index < -0.39 is 22.0 Å². The molecule has 0 fully saturated rings.